The Hall–Kier alpha value is -1.66. The van der Waals surface area contributed by atoms with Crippen molar-refractivity contribution >= 4 is 25.9 Å². The lowest BCUT2D eigenvalue weighted by Crippen LogP contribution is -2.40. The number of benzene rings is 1. The molecule has 1 aliphatic heterocycles. The fraction of sp³-hybridized carbons (Fsp3) is 0.389. The van der Waals surface area contributed by atoms with E-state index in [-0.39, 0.29) is 16.6 Å². The molecule has 0 fully saturated rings. The Morgan fingerprint density at radius 2 is 2.04 bits per heavy atom. The van der Waals surface area contributed by atoms with Gasteiger partial charge < -0.3 is 4.74 Å². The molecule has 2 atom stereocenters. The Labute approximate surface area is 151 Å². The average Bonchev–Trinajstić information content (AvgIpc) is 2.59. The maximum atomic E-state index is 13.8. The van der Waals surface area contributed by atoms with Crippen LogP contribution in [-0.2, 0) is 9.05 Å². The Kier molecular flexibility index (Phi) is 4.77. The standard InChI is InChI=1S/C18H19ClFNO3S/c1-3-18(4-2)10-13(20)6-8-15(18)17-21-11-12-5-7-14(25(19,22)23)9-16(12)24-17/h5-11,15,17H,3-4H2,1-2H3. The molecule has 0 spiro atoms. The van der Waals surface area contributed by atoms with Crippen molar-refractivity contribution in [3.8, 4) is 5.75 Å². The van der Waals surface area contributed by atoms with Crippen LogP contribution in [0.15, 0.2) is 52.1 Å². The molecule has 2 aliphatic rings. The third kappa shape index (κ3) is 3.37. The lowest BCUT2D eigenvalue weighted by molar-refractivity contribution is 0.0843. The minimum atomic E-state index is -3.84. The summed E-state index contributed by atoms with van der Waals surface area (Å²) in [5.74, 6) is 0.00424. The summed E-state index contributed by atoms with van der Waals surface area (Å²) in [6.07, 6.45) is 7.45. The SMILES string of the molecule is CCC1(CC)C=C(F)C=CC1C1N=Cc2ccc(S(=O)(=O)Cl)cc2O1. The van der Waals surface area contributed by atoms with Gasteiger partial charge in [0.25, 0.3) is 9.05 Å². The quantitative estimate of drug-likeness (QED) is 0.714. The lowest BCUT2D eigenvalue weighted by atomic mass is 9.68. The Balaban J connectivity index is 1.96. The maximum Gasteiger partial charge on any atom is 0.261 e. The van der Waals surface area contributed by atoms with Crippen LogP contribution >= 0.6 is 10.7 Å². The number of hydrogen-bond donors (Lipinski definition) is 0. The van der Waals surface area contributed by atoms with E-state index in [1.807, 2.05) is 13.8 Å². The number of aliphatic imine (C=N–C) groups is 1. The van der Waals surface area contributed by atoms with Gasteiger partial charge >= 0.3 is 0 Å². The minimum Gasteiger partial charge on any atom is -0.467 e. The number of halogens is 2. The van der Waals surface area contributed by atoms with Crippen LogP contribution in [0.4, 0.5) is 4.39 Å². The first-order valence-electron chi connectivity index (χ1n) is 8.14. The number of fused-ring (bicyclic) bond motifs is 1. The first-order chi connectivity index (χ1) is 11.8. The van der Waals surface area contributed by atoms with Gasteiger partial charge in [0.05, 0.1) is 4.90 Å². The van der Waals surface area contributed by atoms with Crippen molar-refractivity contribution in [2.45, 2.75) is 37.8 Å². The predicted octanol–water partition coefficient (Wildman–Crippen LogP) is 4.60. The van der Waals surface area contributed by atoms with Crippen molar-refractivity contribution in [2.75, 3.05) is 0 Å². The molecule has 0 saturated heterocycles. The summed E-state index contributed by atoms with van der Waals surface area (Å²) in [4.78, 5) is 4.45. The van der Waals surface area contributed by atoms with Crippen molar-refractivity contribution in [1.29, 1.82) is 0 Å². The van der Waals surface area contributed by atoms with Crippen LogP contribution in [0.5, 0.6) is 5.75 Å². The van der Waals surface area contributed by atoms with Crippen LogP contribution in [0.2, 0.25) is 0 Å². The number of allylic oxidation sites excluding steroid dienone is 3. The molecular weight excluding hydrogens is 365 g/mol. The highest BCUT2D eigenvalue weighted by Crippen LogP contribution is 2.45. The highest BCUT2D eigenvalue weighted by molar-refractivity contribution is 8.13. The van der Waals surface area contributed by atoms with E-state index in [1.54, 1.807) is 24.4 Å². The summed E-state index contributed by atoms with van der Waals surface area (Å²) in [6, 6.07) is 4.42. The van der Waals surface area contributed by atoms with Crippen molar-refractivity contribution < 1.29 is 17.5 Å². The third-order valence-electron chi connectivity index (χ3n) is 5.05. The molecule has 25 heavy (non-hydrogen) atoms. The molecule has 7 heteroatoms. The zero-order valence-electron chi connectivity index (χ0n) is 13.9. The van der Waals surface area contributed by atoms with E-state index in [4.69, 9.17) is 15.4 Å². The van der Waals surface area contributed by atoms with Crippen molar-refractivity contribution in [3.05, 3.63) is 47.8 Å². The van der Waals surface area contributed by atoms with Gasteiger partial charge in [0, 0.05) is 39.9 Å². The summed E-state index contributed by atoms with van der Waals surface area (Å²) in [5.41, 5.74) is 0.287. The molecule has 134 valence electrons. The van der Waals surface area contributed by atoms with Crippen LogP contribution < -0.4 is 4.74 Å². The molecule has 1 aromatic carbocycles. The van der Waals surface area contributed by atoms with E-state index in [0.717, 1.165) is 12.8 Å². The zero-order chi connectivity index (χ0) is 18.2. The zero-order valence-corrected chi connectivity index (χ0v) is 15.5. The first kappa shape index (κ1) is 18.1. The first-order valence-corrected chi connectivity index (χ1v) is 10.4. The smallest absolute Gasteiger partial charge is 0.261 e. The summed E-state index contributed by atoms with van der Waals surface area (Å²) in [6.45, 7) is 4.02. The van der Waals surface area contributed by atoms with Crippen molar-refractivity contribution in [1.82, 2.24) is 0 Å². The fourth-order valence-electron chi connectivity index (χ4n) is 3.47. The average molecular weight is 384 g/mol. The Bertz CT molecular complexity index is 872. The summed E-state index contributed by atoms with van der Waals surface area (Å²) >= 11 is 0. The molecule has 0 radical (unpaired) electrons. The molecule has 1 aliphatic carbocycles. The van der Waals surface area contributed by atoms with E-state index >= 15 is 0 Å². The molecule has 3 rings (SSSR count). The topological polar surface area (TPSA) is 55.7 Å². The van der Waals surface area contributed by atoms with Gasteiger partial charge in [-0.15, -0.1) is 0 Å². The highest BCUT2D eigenvalue weighted by atomic mass is 35.7. The summed E-state index contributed by atoms with van der Waals surface area (Å²) < 4.78 is 42.9. The van der Waals surface area contributed by atoms with Crippen LogP contribution in [0.3, 0.4) is 0 Å². The molecule has 2 unspecified atom stereocenters. The van der Waals surface area contributed by atoms with Crippen molar-refractivity contribution in [3.63, 3.8) is 0 Å². The van der Waals surface area contributed by atoms with E-state index in [2.05, 4.69) is 4.99 Å². The lowest BCUT2D eigenvalue weighted by Gasteiger charge is -2.41. The molecule has 4 nitrogen and oxygen atoms in total. The minimum absolute atomic E-state index is 0.0238. The highest BCUT2D eigenvalue weighted by Gasteiger charge is 2.41. The van der Waals surface area contributed by atoms with Gasteiger partial charge in [0.1, 0.15) is 11.6 Å². The van der Waals surface area contributed by atoms with Gasteiger partial charge in [-0.2, -0.15) is 0 Å². The monoisotopic (exact) mass is 383 g/mol. The van der Waals surface area contributed by atoms with Crippen molar-refractivity contribution in [2.24, 2.45) is 16.3 Å². The largest absolute Gasteiger partial charge is 0.467 e. The van der Waals surface area contributed by atoms with Crippen LogP contribution in [0.1, 0.15) is 32.3 Å². The van der Waals surface area contributed by atoms with Gasteiger partial charge in [0.2, 0.25) is 0 Å². The molecule has 1 aromatic rings. The Morgan fingerprint density at radius 1 is 1.32 bits per heavy atom. The summed E-state index contributed by atoms with van der Waals surface area (Å²) in [5, 5.41) is 0. The fourth-order valence-corrected chi connectivity index (χ4v) is 4.23. The van der Waals surface area contributed by atoms with E-state index in [9.17, 15) is 12.8 Å². The Morgan fingerprint density at radius 3 is 2.68 bits per heavy atom. The molecule has 1 heterocycles. The number of nitrogens with zero attached hydrogens (tertiary/aromatic N) is 1. The van der Waals surface area contributed by atoms with Crippen LogP contribution in [0.25, 0.3) is 0 Å². The number of ether oxygens (including phenoxy) is 1. The summed E-state index contributed by atoms with van der Waals surface area (Å²) in [7, 11) is 1.57. The van der Waals surface area contributed by atoms with E-state index < -0.39 is 20.7 Å². The molecule has 0 N–H and O–H groups in total. The van der Waals surface area contributed by atoms with Gasteiger partial charge in [-0.3, -0.25) is 0 Å². The van der Waals surface area contributed by atoms with Gasteiger partial charge in [0.15, 0.2) is 6.23 Å². The molecule has 0 aromatic heterocycles. The van der Waals surface area contributed by atoms with Gasteiger partial charge in [-0.1, -0.05) is 19.9 Å². The van der Waals surface area contributed by atoms with Crippen LogP contribution in [-0.4, -0.2) is 20.9 Å². The molecule has 0 amide bonds. The third-order valence-corrected chi connectivity index (χ3v) is 6.40. The molecule has 0 saturated carbocycles. The predicted molar refractivity (Wildman–Crippen MR) is 96.3 cm³/mol. The van der Waals surface area contributed by atoms with Crippen LogP contribution in [0, 0.1) is 11.3 Å². The second-order valence-electron chi connectivity index (χ2n) is 6.28. The van der Waals surface area contributed by atoms with Gasteiger partial charge in [-0.25, -0.2) is 17.8 Å². The maximum absolute atomic E-state index is 13.8. The number of rotatable bonds is 4. The van der Waals surface area contributed by atoms with E-state index in [1.165, 1.54) is 18.2 Å². The van der Waals surface area contributed by atoms with E-state index in [0.29, 0.717) is 11.3 Å². The number of hydrogen-bond acceptors (Lipinski definition) is 4. The second-order valence-corrected chi connectivity index (χ2v) is 8.84. The normalized spacial score (nSPS) is 24.4. The van der Waals surface area contributed by atoms with Gasteiger partial charge in [-0.05, 0) is 37.1 Å². The molecule has 0 bridgehead atoms. The second kappa shape index (κ2) is 6.57. The molecular formula is C18H19ClFNO3S.